The first-order chi connectivity index (χ1) is 8.19. The van der Waals surface area contributed by atoms with Crippen molar-refractivity contribution in [1.82, 2.24) is 0 Å². The predicted octanol–water partition coefficient (Wildman–Crippen LogP) is 2.93. The number of carbonyl (C=O) groups is 1. The minimum absolute atomic E-state index is 0.132. The van der Waals surface area contributed by atoms with Crippen LogP contribution in [0.5, 0.6) is 5.75 Å². The predicted molar refractivity (Wildman–Crippen MR) is 64.0 cm³/mol. The number of hydrogen-bond acceptors (Lipinski definition) is 2. The van der Waals surface area contributed by atoms with Crippen LogP contribution in [0.15, 0.2) is 18.2 Å². The van der Waals surface area contributed by atoms with E-state index in [0.29, 0.717) is 5.69 Å². The monoisotopic (exact) mass is 257 g/mol. The highest BCUT2D eigenvalue weighted by Gasteiger charge is 2.20. The lowest BCUT2D eigenvalue weighted by molar-refractivity contribution is -0.113. The van der Waals surface area contributed by atoms with Crippen LogP contribution < -0.4 is 10.1 Å². The summed E-state index contributed by atoms with van der Waals surface area (Å²) in [4.78, 5) is 11.0. The van der Waals surface area contributed by atoms with E-state index in [1.807, 2.05) is 0 Å². The maximum atomic E-state index is 13.6. The average Bonchev–Trinajstić information content (AvgIpc) is 2.25. The molecule has 17 heavy (non-hydrogen) atoms. The number of benzene rings is 1. The second-order valence-electron chi connectivity index (χ2n) is 4.00. The molecule has 1 aliphatic rings. The number of anilines is 1. The molecular formula is C12H13ClFNO2. The summed E-state index contributed by atoms with van der Waals surface area (Å²) < 4.78 is 19.1. The van der Waals surface area contributed by atoms with Crippen molar-refractivity contribution >= 4 is 23.2 Å². The van der Waals surface area contributed by atoms with Gasteiger partial charge in [0.05, 0.1) is 6.10 Å². The molecule has 1 fully saturated rings. The van der Waals surface area contributed by atoms with Crippen LogP contribution in [-0.4, -0.2) is 17.9 Å². The highest BCUT2D eigenvalue weighted by Crippen LogP contribution is 2.28. The van der Waals surface area contributed by atoms with E-state index in [9.17, 15) is 9.18 Å². The van der Waals surface area contributed by atoms with E-state index in [2.05, 4.69) is 5.32 Å². The van der Waals surface area contributed by atoms with Gasteiger partial charge in [0.2, 0.25) is 5.91 Å². The minimum Gasteiger partial charge on any atom is -0.487 e. The summed E-state index contributed by atoms with van der Waals surface area (Å²) in [6.07, 6.45) is 3.22. The zero-order valence-electron chi connectivity index (χ0n) is 9.21. The van der Waals surface area contributed by atoms with Crippen molar-refractivity contribution < 1.29 is 13.9 Å². The van der Waals surface area contributed by atoms with Crippen molar-refractivity contribution in [3.8, 4) is 5.75 Å². The van der Waals surface area contributed by atoms with Gasteiger partial charge in [-0.05, 0) is 31.4 Å². The van der Waals surface area contributed by atoms with E-state index in [4.69, 9.17) is 16.3 Å². The van der Waals surface area contributed by atoms with Crippen LogP contribution in [0.3, 0.4) is 0 Å². The van der Waals surface area contributed by atoms with Gasteiger partial charge in [0, 0.05) is 11.8 Å². The molecule has 1 saturated carbocycles. The molecule has 0 aliphatic heterocycles. The van der Waals surface area contributed by atoms with Gasteiger partial charge in [-0.2, -0.15) is 0 Å². The van der Waals surface area contributed by atoms with Gasteiger partial charge in [-0.3, -0.25) is 4.79 Å². The number of amides is 1. The van der Waals surface area contributed by atoms with Gasteiger partial charge in [0.15, 0.2) is 11.6 Å². The summed E-state index contributed by atoms with van der Waals surface area (Å²) >= 11 is 5.34. The summed E-state index contributed by atoms with van der Waals surface area (Å²) in [5.41, 5.74) is 0.383. The molecule has 3 nitrogen and oxygen atoms in total. The molecule has 0 saturated heterocycles. The van der Waals surface area contributed by atoms with Crippen LogP contribution in [-0.2, 0) is 4.79 Å². The van der Waals surface area contributed by atoms with Crippen molar-refractivity contribution in [2.24, 2.45) is 0 Å². The fraction of sp³-hybridized carbons (Fsp3) is 0.417. The van der Waals surface area contributed by atoms with Gasteiger partial charge < -0.3 is 10.1 Å². The number of halogens is 2. The van der Waals surface area contributed by atoms with Crippen molar-refractivity contribution in [2.45, 2.75) is 25.4 Å². The van der Waals surface area contributed by atoms with Crippen LogP contribution in [0.1, 0.15) is 19.3 Å². The van der Waals surface area contributed by atoms with E-state index < -0.39 is 5.82 Å². The SMILES string of the molecule is O=C(CCl)Nc1ccc(OC2CCC2)c(F)c1. The molecule has 0 radical (unpaired) electrons. The lowest BCUT2D eigenvalue weighted by atomic mass is 9.96. The molecule has 0 bridgehead atoms. The molecule has 2 rings (SSSR count). The summed E-state index contributed by atoms with van der Waals surface area (Å²) in [6.45, 7) is 0. The van der Waals surface area contributed by atoms with E-state index in [1.165, 1.54) is 12.1 Å². The smallest absolute Gasteiger partial charge is 0.239 e. The molecule has 1 aromatic carbocycles. The number of alkyl halides is 1. The summed E-state index contributed by atoms with van der Waals surface area (Å²) in [5, 5.41) is 2.47. The Morgan fingerprint density at radius 2 is 2.29 bits per heavy atom. The number of hydrogen-bond donors (Lipinski definition) is 1. The molecule has 92 valence electrons. The Morgan fingerprint density at radius 3 is 2.82 bits per heavy atom. The van der Waals surface area contributed by atoms with Gasteiger partial charge >= 0.3 is 0 Å². The summed E-state index contributed by atoms with van der Waals surface area (Å²) in [6, 6.07) is 4.36. The average molecular weight is 258 g/mol. The third-order valence-electron chi connectivity index (χ3n) is 2.68. The molecule has 1 aromatic rings. The second-order valence-corrected chi connectivity index (χ2v) is 4.27. The van der Waals surface area contributed by atoms with Crippen LogP contribution in [0.25, 0.3) is 0 Å². The number of rotatable bonds is 4. The standard InChI is InChI=1S/C12H13ClFNO2/c13-7-12(16)15-8-4-5-11(10(14)6-8)17-9-2-1-3-9/h4-6,9H,1-3,7H2,(H,15,16). The fourth-order valence-corrected chi connectivity index (χ4v) is 1.60. The number of nitrogens with one attached hydrogen (secondary N) is 1. The number of carbonyl (C=O) groups excluding carboxylic acids is 1. The van der Waals surface area contributed by atoms with Crippen LogP contribution in [0, 0.1) is 5.82 Å². The molecule has 0 spiro atoms. The van der Waals surface area contributed by atoms with Crippen LogP contribution >= 0.6 is 11.6 Å². The molecule has 1 N–H and O–H groups in total. The Bertz CT molecular complexity index is 421. The van der Waals surface area contributed by atoms with Gasteiger partial charge in [-0.1, -0.05) is 0 Å². The van der Waals surface area contributed by atoms with Gasteiger partial charge in [-0.25, -0.2) is 4.39 Å². The first-order valence-electron chi connectivity index (χ1n) is 5.51. The van der Waals surface area contributed by atoms with Gasteiger partial charge in [-0.15, -0.1) is 11.6 Å². The Hall–Kier alpha value is -1.29. The highest BCUT2D eigenvalue weighted by atomic mass is 35.5. The van der Waals surface area contributed by atoms with E-state index in [0.717, 1.165) is 19.3 Å². The van der Waals surface area contributed by atoms with Gasteiger partial charge in [0.1, 0.15) is 5.88 Å². The maximum absolute atomic E-state index is 13.6. The topological polar surface area (TPSA) is 38.3 Å². The van der Waals surface area contributed by atoms with Crippen molar-refractivity contribution in [3.05, 3.63) is 24.0 Å². The van der Waals surface area contributed by atoms with Crippen molar-refractivity contribution in [3.63, 3.8) is 0 Å². The van der Waals surface area contributed by atoms with Crippen LogP contribution in [0.2, 0.25) is 0 Å². The van der Waals surface area contributed by atoms with E-state index >= 15 is 0 Å². The summed E-state index contributed by atoms with van der Waals surface area (Å²) in [5.74, 6) is -0.747. The lowest BCUT2D eigenvalue weighted by Crippen LogP contribution is -2.25. The zero-order valence-corrected chi connectivity index (χ0v) is 9.97. The lowest BCUT2D eigenvalue weighted by Gasteiger charge is -2.26. The molecule has 1 amide bonds. The Kier molecular flexibility index (Phi) is 3.84. The summed E-state index contributed by atoms with van der Waals surface area (Å²) in [7, 11) is 0. The van der Waals surface area contributed by atoms with E-state index in [-0.39, 0.29) is 23.6 Å². The van der Waals surface area contributed by atoms with Gasteiger partial charge in [0.25, 0.3) is 0 Å². The molecular weight excluding hydrogens is 245 g/mol. The maximum Gasteiger partial charge on any atom is 0.239 e. The Balaban J connectivity index is 2.02. The van der Waals surface area contributed by atoms with Crippen molar-refractivity contribution in [1.29, 1.82) is 0 Å². The minimum atomic E-state index is -0.468. The third-order valence-corrected chi connectivity index (χ3v) is 2.93. The number of ether oxygens (including phenoxy) is 1. The quantitative estimate of drug-likeness (QED) is 0.843. The molecule has 1 aliphatic carbocycles. The van der Waals surface area contributed by atoms with Crippen molar-refractivity contribution in [2.75, 3.05) is 11.2 Å². The molecule has 0 atom stereocenters. The Labute approximate surface area is 104 Å². The third kappa shape index (κ3) is 3.09. The Morgan fingerprint density at radius 1 is 1.53 bits per heavy atom. The normalized spacial score (nSPS) is 15.2. The fourth-order valence-electron chi connectivity index (χ4n) is 1.54. The molecule has 0 heterocycles. The first-order valence-corrected chi connectivity index (χ1v) is 6.04. The molecule has 0 aromatic heterocycles. The van der Waals surface area contributed by atoms with Crippen LogP contribution in [0.4, 0.5) is 10.1 Å². The first kappa shape index (κ1) is 12.2. The zero-order chi connectivity index (χ0) is 12.3. The molecule has 5 heteroatoms. The molecule has 0 unspecified atom stereocenters. The van der Waals surface area contributed by atoms with E-state index in [1.54, 1.807) is 6.07 Å². The largest absolute Gasteiger partial charge is 0.487 e. The second kappa shape index (κ2) is 5.36. The highest BCUT2D eigenvalue weighted by molar-refractivity contribution is 6.29.